The van der Waals surface area contributed by atoms with Gasteiger partial charge in [0.15, 0.2) is 11.6 Å². The van der Waals surface area contributed by atoms with Gasteiger partial charge in [0.1, 0.15) is 5.58 Å². The molecule has 2 heterocycles. The van der Waals surface area contributed by atoms with E-state index >= 15 is 0 Å². The summed E-state index contributed by atoms with van der Waals surface area (Å²) in [6.07, 6.45) is 3.98. The summed E-state index contributed by atoms with van der Waals surface area (Å²) in [5.74, 6) is 1.45. The zero-order chi connectivity index (χ0) is 14.4. The maximum Gasteiger partial charge on any atom is 0.293 e. The predicted molar refractivity (Wildman–Crippen MR) is 86.1 cm³/mol. The van der Waals surface area contributed by atoms with Crippen LogP contribution in [0.15, 0.2) is 33.2 Å². The fourth-order valence-corrected chi connectivity index (χ4v) is 3.06. The Kier molecular flexibility index (Phi) is 3.89. The van der Waals surface area contributed by atoms with Crippen molar-refractivity contribution in [3.63, 3.8) is 0 Å². The van der Waals surface area contributed by atoms with Crippen LogP contribution in [0.3, 0.4) is 0 Å². The molecule has 0 spiro atoms. The van der Waals surface area contributed by atoms with Crippen molar-refractivity contribution in [1.82, 2.24) is 10.1 Å². The topological polar surface area (TPSA) is 78.1 Å². The Morgan fingerprint density at radius 3 is 2.73 bits per heavy atom. The van der Waals surface area contributed by atoms with Crippen LogP contribution >= 0.6 is 24.0 Å². The van der Waals surface area contributed by atoms with Crippen LogP contribution in [0.1, 0.15) is 31.5 Å². The molecule has 2 aromatic heterocycles. The Balaban J connectivity index is 0.00000144. The van der Waals surface area contributed by atoms with Crippen LogP contribution in [0.2, 0.25) is 5.02 Å². The molecule has 0 aliphatic heterocycles. The number of nitrogens with two attached hydrogens (primary N) is 1. The van der Waals surface area contributed by atoms with Crippen LogP contribution in [0, 0.1) is 0 Å². The SMILES string of the molecule is Cl.NC1(c2noc(-c3cc4cc(Cl)ccc4o3)n2)CCCC1. The van der Waals surface area contributed by atoms with Gasteiger partial charge in [-0.25, -0.2) is 0 Å². The highest BCUT2D eigenvalue weighted by Crippen LogP contribution is 2.36. The highest BCUT2D eigenvalue weighted by Gasteiger charge is 2.36. The van der Waals surface area contributed by atoms with Gasteiger partial charge >= 0.3 is 0 Å². The van der Waals surface area contributed by atoms with Gasteiger partial charge in [0.05, 0.1) is 5.54 Å². The zero-order valence-electron chi connectivity index (χ0n) is 11.7. The van der Waals surface area contributed by atoms with Crippen molar-refractivity contribution in [3.05, 3.63) is 35.1 Å². The van der Waals surface area contributed by atoms with Crippen LogP contribution in [0.25, 0.3) is 22.6 Å². The highest BCUT2D eigenvalue weighted by molar-refractivity contribution is 6.31. The number of nitrogens with zero attached hydrogens (tertiary/aromatic N) is 2. The summed E-state index contributed by atoms with van der Waals surface area (Å²) in [6.45, 7) is 0. The lowest BCUT2D eigenvalue weighted by Crippen LogP contribution is -2.34. The second-order valence-corrected chi connectivity index (χ2v) is 6.02. The lowest BCUT2D eigenvalue weighted by Gasteiger charge is -2.17. The van der Waals surface area contributed by atoms with Crippen molar-refractivity contribution < 1.29 is 8.94 Å². The Morgan fingerprint density at radius 1 is 1.18 bits per heavy atom. The third-order valence-corrected chi connectivity index (χ3v) is 4.29. The second kappa shape index (κ2) is 5.57. The van der Waals surface area contributed by atoms with Gasteiger partial charge in [-0.15, -0.1) is 12.4 Å². The minimum Gasteiger partial charge on any atom is -0.451 e. The molecule has 1 aliphatic rings. The first-order valence-electron chi connectivity index (χ1n) is 6.97. The van der Waals surface area contributed by atoms with E-state index in [1.165, 1.54) is 0 Å². The van der Waals surface area contributed by atoms with Crippen molar-refractivity contribution in [2.45, 2.75) is 31.2 Å². The monoisotopic (exact) mass is 339 g/mol. The van der Waals surface area contributed by atoms with E-state index in [-0.39, 0.29) is 12.4 Å². The summed E-state index contributed by atoms with van der Waals surface area (Å²) < 4.78 is 11.0. The predicted octanol–water partition coefficient (Wildman–Crippen LogP) is 4.29. The Morgan fingerprint density at radius 2 is 1.95 bits per heavy atom. The summed E-state index contributed by atoms with van der Waals surface area (Å²) >= 11 is 5.97. The molecule has 7 heteroatoms. The Hall–Kier alpha value is -1.56. The molecular formula is C15H15Cl2N3O2. The van der Waals surface area contributed by atoms with E-state index in [9.17, 15) is 0 Å². The van der Waals surface area contributed by atoms with Gasteiger partial charge in [-0.05, 0) is 37.1 Å². The van der Waals surface area contributed by atoms with Crippen molar-refractivity contribution in [1.29, 1.82) is 0 Å². The van der Waals surface area contributed by atoms with Gasteiger partial charge in [0.2, 0.25) is 0 Å². The van der Waals surface area contributed by atoms with E-state index < -0.39 is 5.54 Å². The largest absolute Gasteiger partial charge is 0.451 e. The minimum absolute atomic E-state index is 0. The number of furan rings is 1. The molecule has 0 unspecified atom stereocenters. The van der Waals surface area contributed by atoms with Gasteiger partial charge in [-0.2, -0.15) is 4.98 Å². The van der Waals surface area contributed by atoms with Crippen molar-refractivity contribution in [2.75, 3.05) is 0 Å². The average molecular weight is 340 g/mol. The van der Waals surface area contributed by atoms with E-state index in [1.54, 1.807) is 6.07 Å². The first-order valence-corrected chi connectivity index (χ1v) is 7.34. The summed E-state index contributed by atoms with van der Waals surface area (Å²) in [5.41, 5.74) is 6.61. The zero-order valence-corrected chi connectivity index (χ0v) is 13.3. The maximum absolute atomic E-state index is 6.33. The van der Waals surface area contributed by atoms with E-state index in [2.05, 4.69) is 10.1 Å². The summed E-state index contributed by atoms with van der Waals surface area (Å²) in [6, 6.07) is 7.28. The fourth-order valence-electron chi connectivity index (χ4n) is 2.87. The molecule has 0 amide bonds. The molecular weight excluding hydrogens is 325 g/mol. The van der Waals surface area contributed by atoms with Gasteiger partial charge in [0.25, 0.3) is 5.89 Å². The molecule has 22 heavy (non-hydrogen) atoms. The number of rotatable bonds is 2. The molecule has 5 nitrogen and oxygen atoms in total. The van der Waals surface area contributed by atoms with Gasteiger partial charge in [-0.1, -0.05) is 29.6 Å². The van der Waals surface area contributed by atoms with Crippen molar-refractivity contribution in [3.8, 4) is 11.7 Å². The molecule has 0 saturated heterocycles. The summed E-state index contributed by atoms with van der Waals surface area (Å²) in [4.78, 5) is 4.42. The number of benzene rings is 1. The van der Waals surface area contributed by atoms with Crippen LogP contribution in [-0.4, -0.2) is 10.1 Å². The molecule has 1 saturated carbocycles. The molecule has 4 rings (SSSR count). The molecule has 2 N–H and O–H groups in total. The molecule has 0 radical (unpaired) electrons. The van der Waals surface area contributed by atoms with Gasteiger partial charge in [0, 0.05) is 10.4 Å². The van der Waals surface area contributed by atoms with Crippen LogP contribution in [0.4, 0.5) is 0 Å². The van der Waals surface area contributed by atoms with Crippen LogP contribution in [0.5, 0.6) is 0 Å². The van der Waals surface area contributed by atoms with Crippen LogP contribution < -0.4 is 5.73 Å². The highest BCUT2D eigenvalue weighted by atomic mass is 35.5. The summed E-state index contributed by atoms with van der Waals surface area (Å²) in [5, 5.41) is 5.60. The molecule has 3 aromatic rings. The normalized spacial score (nSPS) is 16.8. The third-order valence-electron chi connectivity index (χ3n) is 4.06. The van der Waals surface area contributed by atoms with Crippen molar-refractivity contribution >= 4 is 35.0 Å². The quantitative estimate of drug-likeness (QED) is 0.753. The standard InChI is InChI=1S/C15H14ClN3O2.ClH/c16-10-3-4-11-9(7-10)8-12(20-11)13-18-14(19-21-13)15(17)5-1-2-6-15;/h3-4,7-8H,1-2,5-6,17H2;1H. The van der Waals surface area contributed by atoms with E-state index in [0.29, 0.717) is 22.5 Å². The number of aromatic nitrogens is 2. The molecule has 0 bridgehead atoms. The Bertz CT molecular complexity index is 806. The smallest absolute Gasteiger partial charge is 0.293 e. The van der Waals surface area contributed by atoms with E-state index in [0.717, 1.165) is 36.7 Å². The van der Waals surface area contributed by atoms with Crippen LogP contribution in [-0.2, 0) is 5.54 Å². The first kappa shape index (κ1) is 15.3. The minimum atomic E-state index is -0.461. The Labute approximate surface area is 138 Å². The molecule has 1 fully saturated rings. The molecule has 1 aromatic carbocycles. The number of fused-ring (bicyclic) bond motifs is 1. The molecule has 116 valence electrons. The van der Waals surface area contributed by atoms with Crippen molar-refractivity contribution in [2.24, 2.45) is 5.73 Å². The van der Waals surface area contributed by atoms with E-state index in [4.69, 9.17) is 26.3 Å². The maximum atomic E-state index is 6.33. The second-order valence-electron chi connectivity index (χ2n) is 5.58. The lowest BCUT2D eigenvalue weighted by molar-refractivity contribution is 0.369. The third kappa shape index (κ3) is 2.49. The number of halogens is 2. The summed E-state index contributed by atoms with van der Waals surface area (Å²) in [7, 11) is 0. The van der Waals surface area contributed by atoms with Gasteiger partial charge in [-0.3, -0.25) is 0 Å². The molecule has 1 aliphatic carbocycles. The lowest BCUT2D eigenvalue weighted by atomic mass is 9.99. The first-order chi connectivity index (χ1) is 10.1. The number of hydrogen-bond donors (Lipinski definition) is 1. The fraction of sp³-hybridized carbons (Fsp3) is 0.333. The average Bonchev–Trinajstić information content (AvgIpc) is 3.15. The molecule has 0 atom stereocenters. The van der Waals surface area contributed by atoms with Gasteiger partial charge < -0.3 is 14.7 Å². The van der Waals surface area contributed by atoms with E-state index in [1.807, 2.05) is 18.2 Å². The number of hydrogen-bond acceptors (Lipinski definition) is 5.